The Labute approximate surface area is 173 Å². The van der Waals surface area contributed by atoms with Gasteiger partial charge in [0, 0.05) is 6.07 Å². The van der Waals surface area contributed by atoms with Crippen LogP contribution in [0.15, 0.2) is 42.5 Å². The van der Waals surface area contributed by atoms with E-state index in [1.165, 1.54) is 7.11 Å². The quantitative estimate of drug-likeness (QED) is 0.667. The molecule has 1 atom stereocenters. The van der Waals surface area contributed by atoms with Crippen LogP contribution in [0.3, 0.4) is 0 Å². The number of fused-ring (bicyclic) bond motifs is 1. The van der Waals surface area contributed by atoms with Gasteiger partial charge in [0.05, 0.1) is 45.9 Å². The lowest BCUT2D eigenvalue weighted by Gasteiger charge is -2.24. The monoisotopic (exact) mass is 410 g/mol. The number of ether oxygens (including phenoxy) is 4. The van der Waals surface area contributed by atoms with Crippen molar-refractivity contribution in [3.8, 4) is 17.2 Å². The van der Waals surface area contributed by atoms with Crippen LogP contribution in [0, 0.1) is 0 Å². The van der Waals surface area contributed by atoms with Crippen molar-refractivity contribution in [1.82, 2.24) is 15.0 Å². The highest BCUT2D eigenvalue weighted by Crippen LogP contribution is 2.31. The Morgan fingerprint density at radius 3 is 2.50 bits per heavy atom. The number of benzene rings is 2. The molecule has 1 aliphatic heterocycles. The Morgan fingerprint density at radius 2 is 1.80 bits per heavy atom. The third-order valence-corrected chi connectivity index (χ3v) is 4.96. The lowest BCUT2D eigenvalue weighted by molar-refractivity contribution is -0.00173. The first-order valence-electron chi connectivity index (χ1n) is 9.34. The van der Waals surface area contributed by atoms with E-state index in [-0.39, 0.29) is 24.3 Å². The molecule has 0 fully saturated rings. The summed E-state index contributed by atoms with van der Waals surface area (Å²) < 4.78 is 23.4. The van der Waals surface area contributed by atoms with Gasteiger partial charge in [-0.25, -0.2) is 4.68 Å². The summed E-state index contributed by atoms with van der Waals surface area (Å²) in [6, 6.07) is 12.8. The first kappa shape index (κ1) is 19.7. The fourth-order valence-electron chi connectivity index (χ4n) is 3.29. The molecule has 2 heterocycles. The van der Waals surface area contributed by atoms with Crippen LogP contribution in [0.5, 0.6) is 17.2 Å². The van der Waals surface area contributed by atoms with Crippen LogP contribution in [0.2, 0.25) is 0 Å². The highest BCUT2D eigenvalue weighted by Gasteiger charge is 2.28. The molecule has 1 N–H and O–H groups in total. The van der Waals surface area contributed by atoms with E-state index in [2.05, 4.69) is 15.6 Å². The minimum atomic E-state index is -0.383. The van der Waals surface area contributed by atoms with Crippen molar-refractivity contribution < 1.29 is 23.7 Å². The van der Waals surface area contributed by atoms with E-state index in [1.807, 2.05) is 24.3 Å². The second-order valence-electron chi connectivity index (χ2n) is 6.66. The van der Waals surface area contributed by atoms with Gasteiger partial charge in [-0.1, -0.05) is 17.3 Å². The Morgan fingerprint density at radius 1 is 1.07 bits per heavy atom. The number of amides is 1. The van der Waals surface area contributed by atoms with E-state index >= 15 is 0 Å². The zero-order valence-electron chi connectivity index (χ0n) is 16.9. The molecule has 0 saturated heterocycles. The molecule has 0 radical (unpaired) electrons. The molecule has 1 amide bonds. The van der Waals surface area contributed by atoms with Gasteiger partial charge >= 0.3 is 0 Å². The molecule has 0 bridgehead atoms. The van der Waals surface area contributed by atoms with Crippen LogP contribution >= 0.6 is 0 Å². The molecule has 1 aromatic heterocycles. The van der Waals surface area contributed by atoms with Crippen LogP contribution < -0.4 is 19.5 Å². The van der Waals surface area contributed by atoms with Gasteiger partial charge in [-0.2, -0.15) is 0 Å². The zero-order valence-corrected chi connectivity index (χ0v) is 16.9. The third-order valence-electron chi connectivity index (χ3n) is 4.96. The average molecular weight is 410 g/mol. The van der Waals surface area contributed by atoms with Crippen LogP contribution in [0.4, 0.5) is 5.69 Å². The molecular formula is C21H22N4O5. The summed E-state index contributed by atoms with van der Waals surface area (Å²) >= 11 is 0. The minimum Gasteiger partial charge on any atom is -0.497 e. The van der Waals surface area contributed by atoms with Crippen molar-refractivity contribution in [3.05, 3.63) is 59.4 Å². The lowest BCUT2D eigenvalue weighted by Crippen LogP contribution is -2.24. The Kier molecular flexibility index (Phi) is 5.53. The first-order valence-corrected chi connectivity index (χ1v) is 9.34. The number of hydrogen-bond donors (Lipinski definition) is 1. The van der Waals surface area contributed by atoms with E-state index in [1.54, 1.807) is 37.1 Å². The Balaban J connectivity index is 1.50. The van der Waals surface area contributed by atoms with Gasteiger partial charge in [0.25, 0.3) is 5.91 Å². The molecule has 1 aliphatic rings. The largest absolute Gasteiger partial charge is 0.497 e. The first-order chi connectivity index (χ1) is 14.6. The molecule has 9 heteroatoms. The van der Waals surface area contributed by atoms with Gasteiger partial charge in [0.2, 0.25) is 0 Å². The lowest BCUT2D eigenvalue weighted by atomic mass is 10.1. The van der Waals surface area contributed by atoms with Gasteiger partial charge in [-0.3, -0.25) is 4.79 Å². The number of nitrogens with one attached hydrogen (secondary N) is 1. The molecule has 156 valence electrons. The van der Waals surface area contributed by atoms with E-state index in [9.17, 15) is 4.79 Å². The van der Waals surface area contributed by atoms with E-state index in [4.69, 9.17) is 18.9 Å². The van der Waals surface area contributed by atoms with Crippen molar-refractivity contribution in [1.29, 1.82) is 0 Å². The second-order valence-corrected chi connectivity index (χ2v) is 6.66. The SMILES string of the molecule is COc1ccc([C@@H]2Cn3nnc(C(=O)Nc4ccc(OC)cc4OC)c3CO2)cc1. The number of carbonyl (C=O) groups is 1. The molecule has 0 saturated carbocycles. The molecule has 3 aromatic rings. The van der Waals surface area contributed by atoms with Gasteiger partial charge in [-0.05, 0) is 29.8 Å². The molecular weight excluding hydrogens is 388 g/mol. The van der Waals surface area contributed by atoms with Crippen molar-refractivity contribution in [3.63, 3.8) is 0 Å². The normalized spacial score (nSPS) is 15.2. The Bertz CT molecular complexity index is 1050. The highest BCUT2D eigenvalue weighted by atomic mass is 16.5. The summed E-state index contributed by atoms with van der Waals surface area (Å²) in [5, 5.41) is 11.0. The van der Waals surface area contributed by atoms with E-state index in [0.717, 1.165) is 11.3 Å². The summed E-state index contributed by atoms with van der Waals surface area (Å²) in [5.41, 5.74) is 2.37. The van der Waals surface area contributed by atoms with Crippen molar-refractivity contribution >= 4 is 11.6 Å². The number of hydrogen-bond acceptors (Lipinski definition) is 7. The minimum absolute atomic E-state index is 0.178. The van der Waals surface area contributed by atoms with E-state index < -0.39 is 0 Å². The van der Waals surface area contributed by atoms with Crippen LogP contribution in [0.25, 0.3) is 0 Å². The fraction of sp³-hybridized carbons (Fsp3) is 0.286. The molecule has 9 nitrogen and oxygen atoms in total. The molecule has 0 spiro atoms. The standard InChI is InChI=1S/C21H22N4O5/c1-27-14-6-4-13(5-7-14)19-11-25-17(12-30-19)20(23-24-25)21(26)22-16-9-8-15(28-2)10-18(16)29-3/h4-10,19H,11-12H2,1-3H3,(H,22,26)/t19-/m0/s1. The average Bonchev–Trinajstić information content (AvgIpc) is 3.22. The predicted molar refractivity (Wildman–Crippen MR) is 108 cm³/mol. The summed E-state index contributed by atoms with van der Waals surface area (Å²) in [7, 11) is 4.72. The third kappa shape index (κ3) is 3.79. The predicted octanol–water partition coefficient (Wildman–Crippen LogP) is 2.83. The van der Waals surface area contributed by atoms with Gasteiger partial charge < -0.3 is 24.3 Å². The van der Waals surface area contributed by atoms with Crippen molar-refractivity contribution in [2.24, 2.45) is 0 Å². The topological polar surface area (TPSA) is 96.7 Å². The van der Waals surface area contributed by atoms with Gasteiger partial charge in [0.15, 0.2) is 5.69 Å². The molecule has 0 unspecified atom stereocenters. The van der Waals surface area contributed by atoms with Crippen LogP contribution in [-0.2, 0) is 17.9 Å². The maximum absolute atomic E-state index is 12.8. The summed E-state index contributed by atoms with van der Waals surface area (Å²) in [5.74, 6) is 1.51. The molecule has 30 heavy (non-hydrogen) atoms. The number of methoxy groups -OCH3 is 3. The number of anilines is 1. The zero-order chi connectivity index (χ0) is 21.1. The second kappa shape index (κ2) is 8.42. The van der Waals surface area contributed by atoms with Crippen molar-refractivity contribution in [2.75, 3.05) is 26.6 Å². The fourth-order valence-corrected chi connectivity index (χ4v) is 3.29. The number of nitrogens with zero attached hydrogens (tertiary/aromatic N) is 3. The maximum atomic E-state index is 12.8. The van der Waals surface area contributed by atoms with Crippen LogP contribution in [0.1, 0.15) is 27.8 Å². The summed E-state index contributed by atoms with van der Waals surface area (Å²) in [6.45, 7) is 0.694. The number of aromatic nitrogens is 3. The van der Waals surface area contributed by atoms with Gasteiger partial charge in [-0.15, -0.1) is 5.10 Å². The van der Waals surface area contributed by atoms with Gasteiger partial charge in [0.1, 0.15) is 23.4 Å². The van der Waals surface area contributed by atoms with E-state index in [0.29, 0.717) is 29.4 Å². The highest BCUT2D eigenvalue weighted by molar-refractivity contribution is 6.04. The van der Waals surface area contributed by atoms with Crippen molar-refractivity contribution in [2.45, 2.75) is 19.3 Å². The maximum Gasteiger partial charge on any atom is 0.278 e. The summed E-state index contributed by atoms with van der Waals surface area (Å²) in [6.07, 6.45) is -0.178. The number of carbonyl (C=O) groups excluding carboxylic acids is 1. The Hall–Kier alpha value is -3.59. The molecule has 4 rings (SSSR count). The summed E-state index contributed by atoms with van der Waals surface area (Å²) in [4.78, 5) is 12.8. The molecule has 2 aromatic carbocycles. The molecule has 0 aliphatic carbocycles. The smallest absolute Gasteiger partial charge is 0.278 e. The number of rotatable bonds is 6. The van der Waals surface area contributed by atoms with Crippen LogP contribution in [-0.4, -0.2) is 42.2 Å².